The van der Waals surface area contributed by atoms with Crippen molar-refractivity contribution in [2.75, 3.05) is 13.2 Å². The van der Waals surface area contributed by atoms with Crippen LogP contribution in [0, 0.1) is 10.1 Å². The number of rotatable bonds is 7. The fourth-order valence-corrected chi connectivity index (χ4v) is 1.41. The number of hydrogen-bond acceptors (Lipinski definition) is 7. The summed E-state index contributed by atoms with van der Waals surface area (Å²) in [5, 5.41) is 10.5. The highest BCUT2D eigenvalue weighted by Gasteiger charge is 2.32. The molecule has 0 unspecified atom stereocenters. The highest BCUT2D eigenvalue weighted by Crippen LogP contribution is 2.19. The molecular formula is C13H15NO7. The first-order valence-electron chi connectivity index (χ1n) is 6.24. The lowest BCUT2D eigenvalue weighted by molar-refractivity contribution is -0.384. The van der Waals surface area contributed by atoms with Crippen LogP contribution in [-0.4, -0.2) is 36.2 Å². The Kier molecular flexibility index (Phi) is 6.12. The molecule has 21 heavy (non-hydrogen) atoms. The molecular weight excluding hydrogens is 282 g/mol. The number of non-ortho nitro benzene ring substituents is 1. The van der Waals surface area contributed by atoms with E-state index in [1.54, 1.807) is 13.8 Å². The van der Waals surface area contributed by atoms with Gasteiger partial charge in [-0.3, -0.25) is 10.1 Å². The average molecular weight is 297 g/mol. The molecule has 1 aromatic carbocycles. The Labute approximate surface area is 120 Å². The topological polar surface area (TPSA) is 105 Å². The van der Waals surface area contributed by atoms with E-state index in [9.17, 15) is 19.7 Å². The van der Waals surface area contributed by atoms with Gasteiger partial charge in [-0.05, 0) is 26.0 Å². The number of ether oxygens (including phenoxy) is 3. The molecule has 0 saturated heterocycles. The summed E-state index contributed by atoms with van der Waals surface area (Å²) >= 11 is 0. The van der Waals surface area contributed by atoms with E-state index in [0.717, 1.165) is 0 Å². The number of hydrogen-bond donors (Lipinski definition) is 0. The minimum absolute atomic E-state index is 0.0817. The van der Waals surface area contributed by atoms with Crippen molar-refractivity contribution in [3.8, 4) is 5.75 Å². The predicted molar refractivity (Wildman–Crippen MR) is 70.8 cm³/mol. The zero-order valence-corrected chi connectivity index (χ0v) is 11.6. The Hall–Kier alpha value is -2.64. The van der Waals surface area contributed by atoms with Gasteiger partial charge in [-0.2, -0.15) is 0 Å². The van der Waals surface area contributed by atoms with Gasteiger partial charge in [0.1, 0.15) is 5.75 Å². The summed E-state index contributed by atoms with van der Waals surface area (Å²) in [7, 11) is 0. The summed E-state index contributed by atoms with van der Waals surface area (Å²) in [5.41, 5.74) is -0.133. The molecule has 0 amide bonds. The lowest BCUT2D eigenvalue weighted by atomic mass is 10.3. The molecule has 0 heterocycles. The molecule has 0 atom stereocenters. The van der Waals surface area contributed by atoms with Crippen LogP contribution in [-0.2, 0) is 19.1 Å². The van der Waals surface area contributed by atoms with Crippen LogP contribution >= 0.6 is 0 Å². The van der Waals surface area contributed by atoms with Crippen LogP contribution in [0.25, 0.3) is 0 Å². The summed E-state index contributed by atoms with van der Waals surface area (Å²) in [6.07, 6.45) is -1.56. The van der Waals surface area contributed by atoms with E-state index in [4.69, 9.17) is 14.2 Å². The van der Waals surface area contributed by atoms with Gasteiger partial charge in [-0.25, -0.2) is 9.59 Å². The van der Waals surface area contributed by atoms with Crippen molar-refractivity contribution >= 4 is 17.6 Å². The molecule has 0 aliphatic carbocycles. The van der Waals surface area contributed by atoms with Crippen LogP contribution in [0.5, 0.6) is 5.75 Å². The van der Waals surface area contributed by atoms with E-state index < -0.39 is 23.0 Å². The number of carbonyl (C=O) groups is 2. The molecule has 0 radical (unpaired) electrons. The van der Waals surface area contributed by atoms with E-state index in [-0.39, 0.29) is 24.7 Å². The molecule has 1 aromatic rings. The van der Waals surface area contributed by atoms with Crippen LogP contribution in [0.3, 0.4) is 0 Å². The van der Waals surface area contributed by atoms with E-state index >= 15 is 0 Å². The third-order valence-corrected chi connectivity index (χ3v) is 2.30. The lowest BCUT2D eigenvalue weighted by Gasteiger charge is -2.16. The third kappa shape index (κ3) is 4.75. The van der Waals surface area contributed by atoms with E-state index in [2.05, 4.69) is 0 Å². The largest absolute Gasteiger partial charge is 0.467 e. The molecule has 0 spiro atoms. The molecule has 0 fully saturated rings. The van der Waals surface area contributed by atoms with Gasteiger partial charge in [0.15, 0.2) is 0 Å². The molecule has 0 N–H and O–H groups in total. The maximum atomic E-state index is 11.7. The maximum Gasteiger partial charge on any atom is 0.359 e. The number of nitro benzene ring substituents is 1. The average Bonchev–Trinajstić information content (AvgIpc) is 2.45. The van der Waals surface area contributed by atoms with Crippen LogP contribution in [0.2, 0.25) is 0 Å². The first-order chi connectivity index (χ1) is 9.99. The van der Waals surface area contributed by atoms with Crippen molar-refractivity contribution in [1.29, 1.82) is 0 Å². The Morgan fingerprint density at radius 1 is 1.10 bits per heavy atom. The normalized spacial score (nSPS) is 10.0. The minimum Gasteiger partial charge on any atom is -0.467 e. The fourth-order valence-electron chi connectivity index (χ4n) is 1.41. The summed E-state index contributed by atoms with van der Waals surface area (Å²) < 4.78 is 14.7. The van der Waals surface area contributed by atoms with E-state index in [1.807, 2.05) is 0 Å². The standard InChI is InChI=1S/C13H15NO7/c1-3-19-12(15)11(13(16)20-4-2)21-10-7-5-9(6-8-10)14(17)18/h5-8,11H,3-4H2,1-2H3. The number of carbonyl (C=O) groups excluding carboxylic acids is 2. The first kappa shape index (κ1) is 16.4. The number of nitro groups is 1. The van der Waals surface area contributed by atoms with Crippen molar-refractivity contribution in [1.82, 2.24) is 0 Å². The van der Waals surface area contributed by atoms with Crippen molar-refractivity contribution in [2.24, 2.45) is 0 Å². The number of esters is 2. The van der Waals surface area contributed by atoms with Gasteiger partial charge in [-0.1, -0.05) is 0 Å². The summed E-state index contributed by atoms with van der Waals surface area (Å²) in [6.45, 7) is 3.34. The minimum atomic E-state index is -1.56. The van der Waals surface area contributed by atoms with Gasteiger partial charge in [-0.15, -0.1) is 0 Å². The maximum absolute atomic E-state index is 11.7. The zero-order valence-electron chi connectivity index (χ0n) is 11.6. The fraction of sp³-hybridized carbons (Fsp3) is 0.385. The van der Waals surface area contributed by atoms with Crippen molar-refractivity contribution in [3.63, 3.8) is 0 Å². The van der Waals surface area contributed by atoms with Crippen LogP contribution in [0.15, 0.2) is 24.3 Å². The first-order valence-corrected chi connectivity index (χ1v) is 6.24. The summed E-state index contributed by atoms with van der Waals surface area (Å²) in [6, 6.07) is 4.96. The molecule has 114 valence electrons. The molecule has 8 nitrogen and oxygen atoms in total. The molecule has 8 heteroatoms. The van der Waals surface area contributed by atoms with Gasteiger partial charge in [0.2, 0.25) is 0 Å². The van der Waals surface area contributed by atoms with E-state index in [1.165, 1.54) is 24.3 Å². The second-order valence-electron chi connectivity index (χ2n) is 3.75. The van der Waals surface area contributed by atoms with Gasteiger partial charge >= 0.3 is 11.9 Å². The van der Waals surface area contributed by atoms with Crippen molar-refractivity contribution < 1.29 is 28.7 Å². The predicted octanol–water partition coefficient (Wildman–Crippen LogP) is 1.47. The summed E-state index contributed by atoms with van der Waals surface area (Å²) in [4.78, 5) is 33.3. The summed E-state index contributed by atoms with van der Waals surface area (Å²) in [5.74, 6) is -1.64. The van der Waals surface area contributed by atoms with Crippen molar-refractivity contribution in [3.05, 3.63) is 34.4 Å². The monoisotopic (exact) mass is 297 g/mol. The molecule has 0 aliphatic heterocycles. The van der Waals surface area contributed by atoms with Crippen LogP contribution in [0.1, 0.15) is 13.8 Å². The Balaban J connectivity index is 2.86. The second-order valence-corrected chi connectivity index (χ2v) is 3.75. The Morgan fingerprint density at radius 2 is 1.57 bits per heavy atom. The Morgan fingerprint density at radius 3 is 1.95 bits per heavy atom. The zero-order chi connectivity index (χ0) is 15.8. The molecule has 0 bridgehead atoms. The highest BCUT2D eigenvalue weighted by molar-refractivity contribution is 5.98. The second kappa shape index (κ2) is 7.83. The van der Waals surface area contributed by atoms with Gasteiger partial charge in [0, 0.05) is 12.1 Å². The van der Waals surface area contributed by atoms with E-state index in [0.29, 0.717) is 0 Å². The molecule has 0 aliphatic rings. The van der Waals surface area contributed by atoms with Crippen LogP contribution in [0.4, 0.5) is 5.69 Å². The molecule has 0 aromatic heterocycles. The quantitative estimate of drug-likeness (QED) is 0.325. The van der Waals surface area contributed by atoms with Gasteiger partial charge in [0.05, 0.1) is 18.1 Å². The highest BCUT2D eigenvalue weighted by atomic mass is 16.6. The SMILES string of the molecule is CCOC(=O)C(Oc1ccc([N+](=O)[O-])cc1)C(=O)OCC. The smallest absolute Gasteiger partial charge is 0.359 e. The lowest BCUT2D eigenvalue weighted by Crippen LogP contribution is -2.38. The molecule has 1 rings (SSSR count). The van der Waals surface area contributed by atoms with Gasteiger partial charge < -0.3 is 14.2 Å². The van der Waals surface area contributed by atoms with Gasteiger partial charge in [0.25, 0.3) is 11.8 Å². The van der Waals surface area contributed by atoms with Crippen molar-refractivity contribution in [2.45, 2.75) is 20.0 Å². The third-order valence-electron chi connectivity index (χ3n) is 2.30. The Bertz CT molecular complexity index is 494. The van der Waals surface area contributed by atoms with Crippen LogP contribution < -0.4 is 4.74 Å². The number of nitrogens with zero attached hydrogens (tertiary/aromatic N) is 1. The molecule has 0 saturated carbocycles. The number of benzene rings is 1.